The summed E-state index contributed by atoms with van der Waals surface area (Å²) in [6, 6.07) is 12.4. The number of hydrogen-bond donors (Lipinski definition) is 2. The largest absolute Gasteiger partial charge is 0.462 e. The molecule has 0 bridgehead atoms. The number of halogens is 1. The summed E-state index contributed by atoms with van der Waals surface area (Å²) in [5, 5.41) is 5.78. The van der Waals surface area contributed by atoms with Gasteiger partial charge in [0.15, 0.2) is 0 Å². The molecule has 2 aromatic carbocycles. The number of carbonyl (C=O) groups is 2. The molecule has 0 saturated heterocycles. The predicted molar refractivity (Wildman–Crippen MR) is 90.5 cm³/mol. The van der Waals surface area contributed by atoms with E-state index in [0.29, 0.717) is 24.4 Å². The maximum atomic E-state index is 12.8. The SMILES string of the molecule is CCOC(=O)c1ccc(NC(=O)CCNc2ccc(F)cc2)cc1. The van der Waals surface area contributed by atoms with E-state index in [1.165, 1.54) is 12.1 Å². The van der Waals surface area contributed by atoms with Gasteiger partial charge in [-0.1, -0.05) is 0 Å². The fourth-order valence-corrected chi connectivity index (χ4v) is 2.02. The lowest BCUT2D eigenvalue weighted by Gasteiger charge is -2.08. The summed E-state index contributed by atoms with van der Waals surface area (Å²) in [7, 11) is 0. The van der Waals surface area contributed by atoms with Crippen LogP contribution in [-0.2, 0) is 9.53 Å². The van der Waals surface area contributed by atoms with Crippen molar-refractivity contribution in [2.75, 3.05) is 23.8 Å². The maximum absolute atomic E-state index is 12.8. The standard InChI is InChI=1S/C18H19FN2O3/c1-2-24-18(23)13-3-7-16(8-4-13)21-17(22)11-12-20-15-9-5-14(19)6-10-15/h3-10,20H,2,11-12H2,1H3,(H,21,22). The Morgan fingerprint density at radius 2 is 1.62 bits per heavy atom. The van der Waals surface area contributed by atoms with E-state index in [4.69, 9.17) is 4.74 Å². The first-order chi connectivity index (χ1) is 11.6. The van der Waals surface area contributed by atoms with E-state index in [-0.39, 0.29) is 24.1 Å². The fourth-order valence-electron chi connectivity index (χ4n) is 2.02. The van der Waals surface area contributed by atoms with Crippen molar-refractivity contribution < 1.29 is 18.7 Å². The lowest BCUT2D eigenvalue weighted by Crippen LogP contribution is -2.16. The fraction of sp³-hybridized carbons (Fsp3) is 0.222. The van der Waals surface area contributed by atoms with Crippen molar-refractivity contribution in [3.05, 3.63) is 59.9 Å². The molecule has 0 radical (unpaired) electrons. The average molecular weight is 330 g/mol. The number of amides is 1. The Hall–Kier alpha value is -2.89. The van der Waals surface area contributed by atoms with Crippen LogP contribution in [0.15, 0.2) is 48.5 Å². The van der Waals surface area contributed by atoms with Gasteiger partial charge in [0.2, 0.25) is 5.91 Å². The van der Waals surface area contributed by atoms with Crippen LogP contribution in [0.1, 0.15) is 23.7 Å². The molecular formula is C18H19FN2O3. The van der Waals surface area contributed by atoms with Gasteiger partial charge in [-0.05, 0) is 55.5 Å². The Labute approximate surface area is 139 Å². The van der Waals surface area contributed by atoms with E-state index in [9.17, 15) is 14.0 Å². The second kappa shape index (κ2) is 8.67. The average Bonchev–Trinajstić information content (AvgIpc) is 2.57. The summed E-state index contributed by atoms with van der Waals surface area (Å²) in [6.45, 7) is 2.49. The molecule has 6 heteroatoms. The zero-order chi connectivity index (χ0) is 17.4. The van der Waals surface area contributed by atoms with Gasteiger partial charge in [0.1, 0.15) is 5.82 Å². The van der Waals surface area contributed by atoms with Crippen LogP contribution < -0.4 is 10.6 Å². The molecule has 0 aromatic heterocycles. The third-order valence-electron chi connectivity index (χ3n) is 3.21. The van der Waals surface area contributed by atoms with E-state index in [0.717, 1.165) is 5.69 Å². The van der Waals surface area contributed by atoms with Gasteiger partial charge in [0.25, 0.3) is 0 Å². The first kappa shape index (κ1) is 17.5. The summed E-state index contributed by atoms with van der Waals surface area (Å²) < 4.78 is 17.7. The van der Waals surface area contributed by atoms with Gasteiger partial charge in [-0.2, -0.15) is 0 Å². The molecule has 0 atom stereocenters. The molecule has 0 heterocycles. The number of hydrogen-bond acceptors (Lipinski definition) is 4. The van der Waals surface area contributed by atoms with Crippen LogP contribution in [0, 0.1) is 5.82 Å². The highest BCUT2D eigenvalue weighted by Crippen LogP contribution is 2.11. The number of nitrogens with one attached hydrogen (secondary N) is 2. The number of benzene rings is 2. The van der Waals surface area contributed by atoms with Crippen LogP contribution >= 0.6 is 0 Å². The van der Waals surface area contributed by atoms with Crippen LogP contribution in [0.2, 0.25) is 0 Å². The topological polar surface area (TPSA) is 67.4 Å². The second-order valence-electron chi connectivity index (χ2n) is 5.03. The number of esters is 1. The lowest BCUT2D eigenvalue weighted by molar-refractivity contribution is -0.115. The molecular weight excluding hydrogens is 311 g/mol. The summed E-state index contributed by atoms with van der Waals surface area (Å²) >= 11 is 0. The van der Waals surface area contributed by atoms with Gasteiger partial charge in [0, 0.05) is 24.3 Å². The Balaban J connectivity index is 1.77. The molecule has 0 fully saturated rings. The highest BCUT2D eigenvalue weighted by molar-refractivity contribution is 5.93. The minimum absolute atomic E-state index is 0.159. The predicted octanol–water partition coefficient (Wildman–Crippen LogP) is 3.44. The van der Waals surface area contributed by atoms with E-state index in [2.05, 4.69) is 10.6 Å². The summed E-state index contributed by atoms with van der Waals surface area (Å²) in [6.07, 6.45) is 0.261. The molecule has 2 rings (SSSR count). The summed E-state index contributed by atoms with van der Waals surface area (Å²) in [5.41, 5.74) is 1.80. The minimum Gasteiger partial charge on any atom is -0.462 e. The van der Waals surface area contributed by atoms with Crippen LogP contribution in [0.25, 0.3) is 0 Å². The molecule has 0 saturated carbocycles. The lowest BCUT2D eigenvalue weighted by atomic mass is 10.2. The highest BCUT2D eigenvalue weighted by Gasteiger charge is 2.07. The van der Waals surface area contributed by atoms with Crippen LogP contribution in [0.5, 0.6) is 0 Å². The van der Waals surface area contributed by atoms with E-state index in [1.54, 1.807) is 43.3 Å². The van der Waals surface area contributed by atoms with Crippen molar-refractivity contribution in [2.24, 2.45) is 0 Å². The Kier molecular flexibility index (Phi) is 6.31. The van der Waals surface area contributed by atoms with Gasteiger partial charge in [-0.3, -0.25) is 4.79 Å². The smallest absolute Gasteiger partial charge is 0.338 e. The molecule has 2 N–H and O–H groups in total. The zero-order valence-corrected chi connectivity index (χ0v) is 13.3. The Morgan fingerprint density at radius 1 is 1.00 bits per heavy atom. The van der Waals surface area contributed by atoms with Crippen molar-refractivity contribution in [3.63, 3.8) is 0 Å². The molecule has 0 aliphatic carbocycles. The molecule has 24 heavy (non-hydrogen) atoms. The van der Waals surface area contributed by atoms with Crippen LogP contribution in [0.3, 0.4) is 0 Å². The number of ether oxygens (including phenoxy) is 1. The Morgan fingerprint density at radius 3 is 2.25 bits per heavy atom. The van der Waals surface area contributed by atoms with Gasteiger partial charge in [-0.25, -0.2) is 9.18 Å². The zero-order valence-electron chi connectivity index (χ0n) is 13.3. The molecule has 5 nitrogen and oxygen atoms in total. The van der Waals surface area contributed by atoms with Crippen molar-refractivity contribution in [1.82, 2.24) is 0 Å². The minimum atomic E-state index is -0.390. The second-order valence-corrected chi connectivity index (χ2v) is 5.03. The summed E-state index contributed by atoms with van der Waals surface area (Å²) in [4.78, 5) is 23.4. The number of carbonyl (C=O) groups excluding carboxylic acids is 2. The normalized spacial score (nSPS) is 10.1. The van der Waals surface area contributed by atoms with Gasteiger partial charge in [0.05, 0.1) is 12.2 Å². The number of rotatable bonds is 7. The summed E-state index contributed by atoms with van der Waals surface area (Å²) in [5.74, 6) is -0.850. The highest BCUT2D eigenvalue weighted by atomic mass is 19.1. The first-order valence-electron chi connectivity index (χ1n) is 7.65. The number of anilines is 2. The molecule has 1 amide bonds. The Bertz CT molecular complexity index is 684. The van der Waals surface area contributed by atoms with Gasteiger partial charge >= 0.3 is 5.97 Å². The first-order valence-corrected chi connectivity index (χ1v) is 7.65. The van der Waals surface area contributed by atoms with Crippen molar-refractivity contribution in [2.45, 2.75) is 13.3 Å². The molecule has 0 aliphatic rings. The molecule has 126 valence electrons. The van der Waals surface area contributed by atoms with Crippen molar-refractivity contribution in [1.29, 1.82) is 0 Å². The molecule has 0 aliphatic heterocycles. The van der Waals surface area contributed by atoms with Crippen molar-refractivity contribution in [3.8, 4) is 0 Å². The van der Waals surface area contributed by atoms with Crippen LogP contribution in [0.4, 0.5) is 15.8 Å². The monoisotopic (exact) mass is 330 g/mol. The van der Waals surface area contributed by atoms with Crippen molar-refractivity contribution >= 4 is 23.3 Å². The molecule has 2 aromatic rings. The molecule has 0 unspecified atom stereocenters. The molecule has 0 spiro atoms. The quantitative estimate of drug-likeness (QED) is 0.763. The van der Waals surface area contributed by atoms with Crippen LogP contribution in [-0.4, -0.2) is 25.0 Å². The van der Waals surface area contributed by atoms with Gasteiger partial charge < -0.3 is 15.4 Å². The van der Waals surface area contributed by atoms with E-state index < -0.39 is 0 Å². The van der Waals surface area contributed by atoms with E-state index >= 15 is 0 Å². The third-order valence-corrected chi connectivity index (χ3v) is 3.21. The third kappa shape index (κ3) is 5.39. The van der Waals surface area contributed by atoms with E-state index in [1.807, 2.05) is 0 Å². The maximum Gasteiger partial charge on any atom is 0.338 e. The van der Waals surface area contributed by atoms with Gasteiger partial charge in [-0.15, -0.1) is 0 Å².